The largest absolute Gasteiger partial charge is 0.494 e. The first kappa shape index (κ1) is 35.3. The highest BCUT2D eigenvalue weighted by Gasteiger charge is 2.30. The number of hydrogen-bond acceptors (Lipinski definition) is 7. The fourth-order valence-electron chi connectivity index (χ4n) is 6.00. The van der Waals surface area contributed by atoms with E-state index in [1.807, 2.05) is 36.4 Å². The van der Waals surface area contributed by atoms with Crippen molar-refractivity contribution in [2.24, 2.45) is 0 Å². The monoisotopic (exact) mass is 649 g/mol. The highest BCUT2D eigenvalue weighted by molar-refractivity contribution is 7.91. The summed E-state index contributed by atoms with van der Waals surface area (Å²) in [4.78, 5) is 5.34. The van der Waals surface area contributed by atoms with Crippen LogP contribution >= 0.6 is 0 Å². The van der Waals surface area contributed by atoms with Gasteiger partial charge in [0, 0.05) is 42.8 Å². The Morgan fingerprint density at radius 2 is 1.54 bits per heavy atom. The second kappa shape index (κ2) is 16.3. The molecule has 0 saturated heterocycles. The van der Waals surface area contributed by atoms with E-state index in [9.17, 15) is 8.42 Å². The normalized spacial score (nSPS) is 12.0. The van der Waals surface area contributed by atoms with Gasteiger partial charge in [-0.25, -0.2) is 8.42 Å². The zero-order valence-corrected chi connectivity index (χ0v) is 29.4. The standard InChI is InChI=1S/C37H51N3O5S/c1-8-39(9-2)24-25-40-33-14-11-10-13-32(33)37(36(40)28(3)4)46(41,42)31-18-16-30(17-19-31)45-26-12-22-38(5)23-21-29-15-20-34(43-6)35(27-29)44-7/h10-11,13-20,27-28H,8-9,12,21-26H2,1-7H3. The third kappa shape index (κ3) is 8.24. The number of methoxy groups -OCH3 is 2. The van der Waals surface area contributed by atoms with Gasteiger partial charge >= 0.3 is 0 Å². The molecule has 0 aliphatic carbocycles. The quantitative estimate of drug-likeness (QED) is 0.109. The van der Waals surface area contributed by atoms with Crippen LogP contribution in [0.1, 0.15) is 51.3 Å². The highest BCUT2D eigenvalue weighted by Crippen LogP contribution is 2.38. The first-order valence-electron chi connectivity index (χ1n) is 16.3. The lowest BCUT2D eigenvalue weighted by Crippen LogP contribution is -2.27. The van der Waals surface area contributed by atoms with Crippen LogP contribution in [-0.2, 0) is 22.8 Å². The summed E-state index contributed by atoms with van der Waals surface area (Å²) in [6, 6.07) is 20.8. The Morgan fingerprint density at radius 1 is 0.848 bits per heavy atom. The van der Waals surface area contributed by atoms with Crippen LogP contribution in [0.25, 0.3) is 10.9 Å². The molecule has 0 fully saturated rings. The first-order chi connectivity index (χ1) is 22.1. The van der Waals surface area contributed by atoms with Crippen molar-refractivity contribution in [3.63, 3.8) is 0 Å². The predicted octanol–water partition coefficient (Wildman–Crippen LogP) is 6.90. The van der Waals surface area contributed by atoms with Crippen molar-refractivity contribution in [3.05, 3.63) is 78.0 Å². The molecule has 0 unspecified atom stereocenters. The summed E-state index contributed by atoms with van der Waals surface area (Å²) in [5.74, 6) is 2.18. The fraction of sp³-hybridized carbons (Fsp3) is 0.459. The van der Waals surface area contributed by atoms with Gasteiger partial charge in [0.25, 0.3) is 0 Å². The van der Waals surface area contributed by atoms with Crippen molar-refractivity contribution in [1.29, 1.82) is 0 Å². The van der Waals surface area contributed by atoms with E-state index < -0.39 is 9.84 Å². The zero-order chi connectivity index (χ0) is 33.3. The van der Waals surface area contributed by atoms with Gasteiger partial charge in [0.15, 0.2) is 11.5 Å². The number of sulfone groups is 1. The Balaban J connectivity index is 1.40. The van der Waals surface area contributed by atoms with Gasteiger partial charge in [-0.1, -0.05) is 52.0 Å². The lowest BCUT2D eigenvalue weighted by atomic mass is 10.1. The van der Waals surface area contributed by atoms with Crippen LogP contribution in [0.4, 0.5) is 0 Å². The molecule has 0 amide bonds. The molecule has 3 aromatic carbocycles. The molecular weight excluding hydrogens is 598 g/mol. The van der Waals surface area contributed by atoms with Gasteiger partial charge in [-0.15, -0.1) is 0 Å². The zero-order valence-electron chi connectivity index (χ0n) is 28.6. The van der Waals surface area contributed by atoms with Crippen molar-refractivity contribution in [3.8, 4) is 17.2 Å². The number of para-hydroxylation sites is 1. The molecule has 0 aliphatic heterocycles. The van der Waals surface area contributed by atoms with Gasteiger partial charge < -0.3 is 28.6 Å². The molecular formula is C37H51N3O5S. The minimum atomic E-state index is -3.77. The summed E-state index contributed by atoms with van der Waals surface area (Å²) >= 11 is 0. The van der Waals surface area contributed by atoms with Gasteiger partial charge in [0.2, 0.25) is 9.84 Å². The van der Waals surface area contributed by atoms with Crippen molar-refractivity contribution in [2.45, 2.75) is 62.8 Å². The molecule has 1 aromatic heterocycles. The van der Waals surface area contributed by atoms with Gasteiger partial charge in [0.05, 0.1) is 25.7 Å². The van der Waals surface area contributed by atoms with E-state index in [4.69, 9.17) is 14.2 Å². The number of hydrogen-bond donors (Lipinski definition) is 0. The van der Waals surface area contributed by atoms with E-state index in [-0.39, 0.29) is 10.8 Å². The maximum Gasteiger partial charge on any atom is 0.209 e. The predicted molar refractivity (Wildman–Crippen MR) is 187 cm³/mol. The molecule has 0 radical (unpaired) electrons. The summed E-state index contributed by atoms with van der Waals surface area (Å²) in [5, 5.41) is 0.779. The third-order valence-electron chi connectivity index (χ3n) is 8.63. The minimum absolute atomic E-state index is 0.0358. The van der Waals surface area contributed by atoms with E-state index in [1.54, 1.807) is 38.5 Å². The second-order valence-electron chi connectivity index (χ2n) is 12.0. The molecule has 4 rings (SSSR count). The van der Waals surface area contributed by atoms with Gasteiger partial charge in [-0.05, 0) is 86.9 Å². The molecule has 0 atom stereocenters. The number of aromatic nitrogens is 1. The summed E-state index contributed by atoms with van der Waals surface area (Å²) in [7, 11) is 1.62. The number of ether oxygens (including phenoxy) is 3. The van der Waals surface area contributed by atoms with Crippen molar-refractivity contribution >= 4 is 20.7 Å². The lowest BCUT2D eigenvalue weighted by molar-refractivity contribution is 0.264. The van der Waals surface area contributed by atoms with Crippen LogP contribution in [0.2, 0.25) is 0 Å². The molecule has 4 aromatic rings. The fourth-order valence-corrected chi connectivity index (χ4v) is 7.81. The molecule has 0 N–H and O–H groups in total. The minimum Gasteiger partial charge on any atom is -0.494 e. The summed E-state index contributed by atoms with van der Waals surface area (Å²) in [6.07, 6.45) is 1.76. The Hall–Kier alpha value is -3.53. The summed E-state index contributed by atoms with van der Waals surface area (Å²) in [6.45, 7) is 14.3. The van der Waals surface area contributed by atoms with E-state index in [1.165, 1.54) is 5.56 Å². The summed E-state index contributed by atoms with van der Waals surface area (Å²) in [5.41, 5.74) is 3.02. The topological polar surface area (TPSA) is 73.2 Å². The average molecular weight is 650 g/mol. The number of fused-ring (bicyclic) bond motifs is 1. The lowest BCUT2D eigenvalue weighted by Gasteiger charge is -2.21. The molecule has 0 aliphatic rings. The molecule has 0 bridgehead atoms. The number of benzene rings is 3. The van der Waals surface area contributed by atoms with E-state index in [0.717, 1.165) is 80.2 Å². The van der Waals surface area contributed by atoms with Gasteiger partial charge in [-0.2, -0.15) is 0 Å². The molecule has 0 spiro atoms. The van der Waals surface area contributed by atoms with Crippen molar-refractivity contribution in [2.75, 3.05) is 60.6 Å². The van der Waals surface area contributed by atoms with Crippen LogP contribution in [0.15, 0.2) is 76.5 Å². The SMILES string of the molecule is CCN(CC)CCn1c(C(C)C)c(S(=O)(=O)c2ccc(OCCCN(C)CCc3ccc(OC)c(OC)c3)cc2)c2ccccc21. The molecule has 9 heteroatoms. The Morgan fingerprint density at radius 3 is 2.20 bits per heavy atom. The number of nitrogens with zero attached hydrogens (tertiary/aromatic N) is 3. The maximum atomic E-state index is 14.2. The molecule has 250 valence electrons. The third-order valence-corrected chi connectivity index (χ3v) is 10.5. The van der Waals surface area contributed by atoms with Crippen molar-refractivity contribution < 1.29 is 22.6 Å². The first-order valence-corrected chi connectivity index (χ1v) is 17.8. The average Bonchev–Trinajstić information content (AvgIpc) is 3.41. The maximum absolute atomic E-state index is 14.2. The Bertz CT molecular complexity index is 1660. The Kier molecular flexibility index (Phi) is 12.5. The molecule has 0 saturated carbocycles. The molecule has 8 nitrogen and oxygen atoms in total. The number of rotatable bonds is 18. The second-order valence-corrected chi connectivity index (χ2v) is 13.9. The van der Waals surface area contributed by atoms with Crippen LogP contribution < -0.4 is 14.2 Å². The summed E-state index contributed by atoms with van der Waals surface area (Å²) < 4.78 is 47.4. The van der Waals surface area contributed by atoms with E-state index in [2.05, 4.69) is 55.2 Å². The molecule has 46 heavy (non-hydrogen) atoms. The van der Waals surface area contributed by atoms with Gasteiger partial charge in [0.1, 0.15) is 10.6 Å². The van der Waals surface area contributed by atoms with E-state index >= 15 is 0 Å². The van der Waals surface area contributed by atoms with Crippen molar-refractivity contribution in [1.82, 2.24) is 14.4 Å². The van der Waals surface area contributed by atoms with Crippen LogP contribution in [0.3, 0.4) is 0 Å². The van der Waals surface area contributed by atoms with Crippen LogP contribution in [0.5, 0.6) is 17.2 Å². The smallest absolute Gasteiger partial charge is 0.209 e. The van der Waals surface area contributed by atoms with Crippen LogP contribution in [0, 0.1) is 0 Å². The highest BCUT2D eigenvalue weighted by atomic mass is 32.2. The Labute approximate surface area is 275 Å². The van der Waals surface area contributed by atoms with E-state index in [0.29, 0.717) is 17.3 Å². The number of likely N-dealkylation sites (N-methyl/N-ethyl adjacent to an activating group) is 2. The molecule has 1 heterocycles. The van der Waals surface area contributed by atoms with Gasteiger partial charge in [-0.3, -0.25) is 0 Å². The van der Waals surface area contributed by atoms with Crippen LogP contribution in [-0.4, -0.2) is 83.4 Å².